The minimum atomic E-state index is -0.223. The van der Waals surface area contributed by atoms with Gasteiger partial charge in [0.15, 0.2) is 18.1 Å². The third-order valence-corrected chi connectivity index (χ3v) is 4.86. The normalized spacial score (nSPS) is 13.7. The van der Waals surface area contributed by atoms with E-state index >= 15 is 0 Å². The van der Waals surface area contributed by atoms with Gasteiger partial charge < -0.3 is 14.2 Å². The molecule has 6 heteroatoms. The molecular formula is C24H17ClO5. The predicted octanol–water partition coefficient (Wildman–Crippen LogP) is 5.23. The number of halogens is 1. The number of fused-ring (bicyclic) bond motifs is 1. The molecule has 30 heavy (non-hydrogen) atoms. The standard InChI is InChI=1S/C24H17ClO5/c1-28-21-5-3-2-4-16(21)12-23-24(27)19-11-10-18(13-22(19)30-23)29-14-20(26)15-6-8-17(25)9-7-15/h2-13H,14H2,1H3. The number of carbonyl (C=O) groups excluding carboxylic acids is 2. The van der Waals surface area contributed by atoms with Crippen LogP contribution in [0.15, 0.2) is 72.5 Å². The van der Waals surface area contributed by atoms with Crippen LogP contribution in [0, 0.1) is 0 Å². The van der Waals surface area contributed by atoms with Gasteiger partial charge in [0.2, 0.25) is 5.78 Å². The first-order valence-corrected chi connectivity index (χ1v) is 9.56. The molecule has 0 fully saturated rings. The van der Waals surface area contributed by atoms with Crippen LogP contribution in [0.4, 0.5) is 0 Å². The van der Waals surface area contributed by atoms with E-state index in [4.69, 9.17) is 25.8 Å². The molecular weight excluding hydrogens is 404 g/mol. The highest BCUT2D eigenvalue weighted by Gasteiger charge is 2.28. The number of allylic oxidation sites excluding steroid dienone is 1. The molecule has 3 aromatic rings. The van der Waals surface area contributed by atoms with Crippen molar-refractivity contribution < 1.29 is 23.8 Å². The van der Waals surface area contributed by atoms with Crippen molar-refractivity contribution in [1.29, 1.82) is 0 Å². The Kier molecular flexibility index (Phi) is 5.55. The molecule has 1 aliphatic rings. The van der Waals surface area contributed by atoms with Crippen LogP contribution in [0.25, 0.3) is 6.08 Å². The molecule has 0 aromatic heterocycles. The number of hydrogen-bond acceptors (Lipinski definition) is 5. The summed E-state index contributed by atoms with van der Waals surface area (Å²) >= 11 is 5.84. The van der Waals surface area contributed by atoms with Crippen LogP contribution in [-0.4, -0.2) is 25.3 Å². The molecule has 0 saturated heterocycles. The van der Waals surface area contributed by atoms with Crippen molar-refractivity contribution in [3.05, 3.63) is 94.2 Å². The van der Waals surface area contributed by atoms with Gasteiger partial charge in [-0.15, -0.1) is 0 Å². The number of para-hydroxylation sites is 1. The quantitative estimate of drug-likeness (QED) is 0.404. The molecule has 0 aliphatic carbocycles. The second kappa shape index (κ2) is 8.43. The van der Waals surface area contributed by atoms with Gasteiger partial charge in [-0.25, -0.2) is 0 Å². The van der Waals surface area contributed by atoms with Gasteiger partial charge in [0.05, 0.1) is 12.7 Å². The lowest BCUT2D eigenvalue weighted by atomic mass is 10.1. The molecule has 0 N–H and O–H groups in total. The molecule has 0 spiro atoms. The van der Waals surface area contributed by atoms with Crippen molar-refractivity contribution in [3.63, 3.8) is 0 Å². The minimum absolute atomic E-state index is 0.141. The molecule has 0 saturated carbocycles. The van der Waals surface area contributed by atoms with Crippen LogP contribution in [0.3, 0.4) is 0 Å². The van der Waals surface area contributed by atoms with E-state index in [1.54, 1.807) is 55.7 Å². The van der Waals surface area contributed by atoms with Crippen LogP contribution in [0.5, 0.6) is 17.2 Å². The highest BCUT2D eigenvalue weighted by atomic mass is 35.5. The summed E-state index contributed by atoms with van der Waals surface area (Å²) in [4.78, 5) is 24.9. The Hall–Kier alpha value is -3.57. The smallest absolute Gasteiger partial charge is 0.231 e. The molecule has 0 bridgehead atoms. The molecule has 0 radical (unpaired) electrons. The lowest BCUT2D eigenvalue weighted by molar-refractivity contribution is 0.0921. The average molecular weight is 421 g/mol. The molecule has 4 rings (SSSR count). The second-order valence-electron chi connectivity index (χ2n) is 6.56. The van der Waals surface area contributed by atoms with Crippen LogP contribution in [0.1, 0.15) is 26.3 Å². The zero-order valence-corrected chi connectivity index (χ0v) is 16.8. The monoisotopic (exact) mass is 420 g/mol. The van der Waals surface area contributed by atoms with Crippen molar-refractivity contribution in [1.82, 2.24) is 0 Å². The number of methoxy groups -OCH3 is 1. The summed E-state index contributed by atoms with van der Waals surface area (Å²) in [6.07, 6.45) is 1.64. The maximum absolute atomic E-state index is 12.7. The van der Waals surface area contributed by atoms with Gasteiger partial charge >= 0.3 is 0 Å². The fourth-order valence-electron chi connectivity index (χ4n) is 3.05. The van der Waals surface area contributed by atoms with Crippen LogP contribution in [0.2, 0.25) is 5.02 Å². The predicted molar refractivity (Wildman–Crippen MR) is 114 cm³/mol. The molecule has 3 aromatic carbocycles. The van der Waals surface area contributed by atoms with E-state index in [1.165, 1.54) is 0 Å². The SMILES string of the molecule is COc1ccccc1C=C1Oc2cc(OCC(=O)c3ccc(Cl)cc3)ccc2C1=O. The van der Waals surface area contributed by atoms with Gasteiger partial charge in [0.1, 0.15) is 17.2 Å². The third kappa shape index (κ3) is 4.07. The van der Waals surface area contributed by atoms with E-state index in [0.29, 0.717) is 33.4 Å². The Morgan fingerprint density at radius 1 is 1.07 bits per heavy atom. The summed E-state index contributed by atoms with van der Waals surface area (Å²) in [7, 11) is 1.57. The largest absolute Gasteiger partial charge is 0.496 e. The molecule has 150 valence electrons. The van der Waals surface area contributed by atoms with Crippen LogP contribution in [-0.2, 0) is 0 Å². The Morgan fingerprint density at radius 2 is 1.83 bits per heavy atom. The number of ketones is 2. The Balaban J connectivity index is 1.49. The first-order valence-electron chi connectivity index (χ1n) is 9.18. The fourth-order valence-corrected chi connectivity index (χ4v) is 3.18. The van der Waals surface area contributed by atoms with E-state index in [1.807, 2.05) is 24.3 Å². The molecule has 5 nitrogen and oxygen atoms in total. The van der Waals surface area contributed by atoms with E-state index in [-0.39, 0.29) is 23.9 Å². The van der Waals surface area contributed by atoms with Crippen molar-refractivity contribution >= 4 is 29.2 Å². The Morgan fingerprint density at radius 3 is 2.60 bits per heavy atom. The van der Waals surface area contributed by atoms with E-state index in [9.17, 15) is 9.59 Å². The van der Waals surface area contributed by atoms with E-state index in [0.717, 1.165) is 5.56 Å². The summed E-state index contributed by atoms with van der Waals surface area (Å²) in [6.45, 7) is -0.141. The Labute approximate surface area is 178 Å². The van der Waals surface area contributed by atoms with Gasteiger partial charge in [0, 0.05) is 22.2 Å². The Bertz CT molecular complexity index is 1150. The number of ether oxygens (including phenoxy) is 3. The summed E-state index contributed by atoms with van der Waals surface area (Å²) in [5.74, 6) is 1.26. The van der Waals surface area contributed by atoms with Crippen molar-refractivity contribution in [2.75, 3.05) is 13.7 Å². The van der Waals surface area contributed by atoms with Crippen molar-refractivity contribution in [3.8, 4) is 17.2 Å². The maximum Gasteiger partial charge on any atom is 0.231 e. The number of rotatable bonds is 6. The molecule has 0 amide bonds. The zero-order valence-electron chi connectivity index (χ0n) is 16.1. The number of hydrogen-bond donors (Lipinski definition) is 0. The van der Waals surface area contributed by atoms with Crippen molar-refractivity contribution in [2.45, 2.75) is 0 Å². The lowest BCUT2D eigenvalue weighted by Crippen LogP contribution is -2.11. The summed E-state index contributed by atoms with van der Waals surface area (Å²) < 4.78 is 16.6. The van der Waals surface area contributed by atoms with Gasteiger partial charge in [-0.05, 0) is 48.5 Å². The van der Waals surface area contributed by atoms with Gasteiger partial charge in [0.25, 0.3) is 0 Å². The zero-order chi connectivity index (χ0) is 21.1. The fraction of sp³-hybridized carbons (Fsp3) is 0.0833. The highest BCUT2D eigenvalue weighted by Crippen LogP contribution is 2.35. The number of carbonyl (C=O) groups is 2. The topological polar surface area (TPSA) is 61.8 Å². The van der Waals surface area contributed by atoms with Crippen molar-refractivity contribution in [2.24, 2.45) is 0 Å². The van der Waals surface area contributed by atoms with E-state index in [2.05, 4.69) is 0 Å². The van der Waals surface area contributed by atoms with Crippen LogP contribution < -0.4 is 14.2 Å². The number of Topliss-reactive ketones (excluding diaryl/α,β-unsaturated/α-hetero) is 2. The van der Waals surface area contributed by atoms with Gasteiger partial charge in [-0.1, -0.05) is 29.8 Å². The van der Waals surface area contributed by atoms with Crippen LogP contribution >= 0.6 is 11.6 Å². The molecule has 1 heterocycles. The first kappa shape index (κ1) is 19.7. The molecule has 0 unspecified atom stereocenters. The first-order chi connectivity index (χ1) is 14.5. The minimum Gasteiger partial charge on any atom is -0.496 e. The molecule has 1 aliphatic heterocycles. The number of benzene rings is 3. The summed E-state index contributed by atoms with van der Waals surface area (Å²) in [5.41, 5.74) is 1.68. The van der Waals surface area contributed by atoms with Gasteiger partial charge in [-0.2, -0.15) is 0 Å². The summed E-state index contributed by atoms with van der Waals surface area (Å²) in [5, 5.41) is 0.560. The highest BCUT2D eigenvalue weighted by molar-refractivity contribution is 6.30. The van der Waals surface area contributed by atoms with E-state index < -0.39 is 0 Å². The third-order valence-electron chi connectivity index (χ3n) is 4.60. The average Bonchev–Trinajstić information content (AvgIpc) is 3.07. The second-order valence-corrected chi connectivity index (χ2v) is 6.99. The summed E-state index contributed by atoms with van der Waals surface area (Å²) in [6, 6.07) is 18.8. The lowest BCUT2D eigenvalue weighted by Gasteiger charge is -2.07. The molecule has 0 atom stereocenters. The van der Waals surface area contributed by atoms with Gasteiger partial charge in [-0.3, -0.25) is 9.59 Å². The maximum atomic E-state index is 12.7.